The first-order valence-corrected chi connectivity index (χ1v) is 12.6. The van der Waals surface area contributed by atoms with E-state index in [1.54, 1.807) is 12.4 Å². The van der Waals surface area contributed by atoms with Gasteiger partial charge in [-0.15, -0.1) is 0 Å². The molecule has 0 amide bonds. The molecule has 1 aliphatic carbocycles. The minimum absolute atomic E-state index is 0.0203. The fourth-order valence-corrected chi connectivity index (χ4v) is 6.31. The maximum absolute atomic E-state index is 14.0. The van der Waals surface area contributed by atoms with Crippen LogP contribution in [0.25, 0.3) is 22.4 Å². The van der Waals surface area contributed by atoms with Crippen molar-refractivity contribution in [3.63, 3.8) is 0 Å². The number of anilines is 1. The summed E-state index contributed by atoms with van der Waals surface area (Å²) in [6.45, 7) is -0.310. The van der Waals surface area contributed by atoms with Gasteiger partial charge in [-0.1, -0.05) is 24.3 Å². The van der Waals surface area contributed by atoms with E-state index in [9.17, 15) is 13.9 Å². The molecule has 184 valence electrons. The van der Waals surface area contributed by atoms with Gasteiger partial charge in [0.25, 0.3) is 5.92 Å². The lowest BCUT2D eigenvalue weighted by Crippen LogP contribution is -2.52. The molecule has 1 aromatic carbocycles. The Morgan fingerprint density at radius 2 is 1.81 bits per heavy atom. The molecule has 0 bridgehead atoms. The Balaban J connectivity index is 1.26. The number of aliphatic hydroxyl groups is 1. The molecule has 7 rings (SSSR count). The van der Waals surface area contributed by atoms with Crippen molar-refractivity contribution in [1.82, 2.24) is 24.5 Å². The number of pyridine rings is 1. The van der Waals surface area contributed by atoms with Gasteiger partial charge in [0.15, 0.2) is 5.65 Å². The van der Waals surface area contributed by atoms with Gasteiger partial charge in [0, 0.05) is 30.9 Å². The molecule has 1 saturated heterocycles. The molecule has 7 nitrogen and oxygen atoms in total. The highest BCUT2D eigenvalue weighted by molar-refractivity contribution is 5.77. The monoisotopic (exact) mass is 488 g/mol. The average Bonchev–Trinajstić information content (AvgIpc) is 3.45. The molecule has 3 aliphatic rings. The maximum atomic E-state index is 14.0. The van der Waals surface area contributed by atoms with Crippen LogP contribution in [0.3, 0.4) is 0 Å². The molecular formula is C27H26F2N6O. The van der Waals surface area contributed by atoms with Crippen LogP contribution < -0.4 is 4.90 Å². The Morgan fingerprint density at radius 1 is 0.972 bits per heavy atom. The van der Waals surface area contributed by atoms with Crippen LogP contribution in [0.15, 0.2) is 48.8 Å². The second-order valence-electron chi connectivity index (χ2n) is 10.2. The fraction of sp³-hybridized carbons (Fsp3) is 0.407. The number of piperidine rings is 1. The van der Waals surface area contributed by atoms with Crippen molar-refractivity contribution in [3.8, 4) is 11.3 Å². The minimum atomic E-state index is -3.18. The van der Waals surface area contributed by atoms with Crippen molar-refractivity contribution in [2.45, 2.75) is 56.1 Å². The Labute approximate surface area is 206 Å². The van der Waals surface area contributed by atoms with Crippen molar-refractivity contribution >= 4 is 17.1 Å². The molecule has 1 fully saturated rings. The Hall–Kier alpha value is -3.46. The summed E-state index contributed by atoms with van der Waals surface area (Å²) < 4.78 is 30.3. The number of aliphatic hydroxyl groups excluding tert-OH is 1. The van der Waals surface area contributed by atoms with Crippen LogP contribution in [0.2, 0.25) is 0 Å². The van der Waals surface area contributed by atoms with Crippen molar-refractivity contribution in [2.75, 3.05) is 18.0 Å². The van der Waals surface area contributed by atoms with Gasteiger partial charge in [0.05, 0.1) is 17.8 Å². The largest absolute Gasteiger partial charge is 0.387 e. The zero-order valence-electron chi connectivity index (χ0n) is 19.7. The second-order valence-corrected chi connectivity index (χ2v) is 10.2. The van der Waals surface area contributed by atoms with Gasteiger partial charge in [-0.2, -0.15) is 0 Å². The van der Waals surface area contributed by atoms with Gasteiger partial charge in [0.1, 0.15) is 17.4 Å². The average molecular weight is 489 g/mol. The van der Waals surface area contributed by atoms with E-state index < -0.39 is 18.6 Å². The van der Waals surface area contributed by atoms with E-state index in [1.165, 1.54) is 16.0 Å². The Bertz CT molecular complexity index is 1470. The van der Waals surface area contributed by atoms with E-state index in [0.717, 1.165) is 60.3 Å². The van der Waals surface area contributed by atoms with Gasteiger partial charge in [-0.3, -0.25) is 0 Å². The van der Waals surface area contributed by atoms with Gasteiger partial charge in [-0.05, 0) is 55.4 Å². The third-order valence-electron chi connectivity index (χ3n) is 8.10. The molecule has 5 heterocycles. The zero-order valence-corrected chi connectivity index (χ0v) is 19.7. The quantitative estimate of drug-likeness (QED) is 0.457. The summed E-state index contributed by atoms with van der Waals surface area (Å²) in [6.07, 6.45) is 6.83. The van der Waals surface area contributed by atoms with E-state index in [0.29, 0.717) is 0 Å². The van der Waals surface area contributed by atoms with Gasteiger partial charge < -0.3 is 14.6 Å². The Kier molecular flexibility index (Phi) is 4.70. The highest BCUT2D eigenvalue weighted by atomic mass is 19.3. The summed E-state index contributed by atoms with van der Waals surface area (Å²) in [7, 11) is 0. The molecule has 2 aliphatic heterocycles. The van der Waals surface area contributed by atoms with E-state index in [4.69, 9.17) is 9.97 Å². The lowest BCUT2D eigenvalue weighted by molar-refractivity contribution is -0.113. The SMILES string of the molecule is OC1CCN(c2ncc(-c3ccc4nc5n(c4n3)C3(CCC5)CCc4ccccc43)cn2)CC1(F)F. The van der Waals surface area contributed by atoms with Crippen molar-refractivity contribution in [2.24, 2.45) is 0 Å². The van der Waals surface area contributed by atoms with Gasteiger partial charge in [-0.25, -0.2) is 28.7 Å². The highest BCUT2D eigenvalue weighted by Gasteiger charge is 2.45. The molecule has 36 heavy (non-hydrogen) atoms. The zero-order chi connectivity index (χ0) is 24.5. The number of hydrogen-bond acceptors (Lipinski definition) is 6. The highest BCUT2D eigenvalue weighted by Crippen LogP contribution is 2.48. The van der Waals surface area contributed by atoms with E-state index >= 15 is 0 Å². The molecule has 1 N–H and O–H groups in total. The molecule has 2 atom stereocenters. The van der Waals surface area contributed by atoms with Crippen LogP contribution in [0.5, 0.6) is 0 Å². The normalized spacial score (nSPS) is 24.8. The number of hydrogen-bond donors (Lipinski definition) is 1. The summed E-state index contributed by atoms with van der Waals surface area (Å²) in [5.74, 6) is -1.87. The number of fused-ring (bicyclic) bond motifs is 6. The molecule has 0 saturated carbocycles. The summed E-state index contributed by atoms with van der Waals surface area (Å²) >= 11 is 0. The third kappa shape index (κ3) is 3.18. The summed E-state index contributed by atoms with van der Waals surface area (Å²) in [5.41, 5.74) is 5.87. The van der Waals surface area contributed by atoms with Crippen LogP contribution in [0, 0.1) is 0 Å². The molecular weight excluding hydrogens is 462 g/mol. The van der Waals surface area contributed by atoms with Crippen LogP contribution in [-0.2, 0) is 18.4 Å². The van der Waals surface area contributed by atoms with Crippen molar-refractivity contribution < 1.29 is 13.9 Å². The van der Waals surface area contributed by atoms with Crippen LogP contribution in [0.4, 0.5) is 14.7 Å². The van der Waals surface area contributed by atoms with Gasteiger partial charge >= 0.3 is 0 Å². The maximum Gasteiger partial charge on any atom is 0.290 e. The summed E-state index contributed by atoms with van der Waals surface area (Å²) in [6, 6.07) is 12.6. The number of aromatic nitrogens is 5. The van der Waals surface area contributed by atoms with Crippen molar-refractivity contribution in [1.29, 1.82) is 0 Å². The molecule has 2 unspecified atom stereocenters. The number of benzene rings is 1. The van der Waals surface area contributed by atoms with Gasteiger partial charge in [0.2, 0.25) is 5.95 Å². The number of nitrogens with zero attached hydrogens (tertiary/aromatic N) is 6. The minimum Gasteiger partial charge on any atom is -0.387 e. The Morgan fingerprint density at radius 3 is 2.64 bits per heavy atom. The van der Waals surface area contributed by atoms with Crippen molar-refractivity contribution in [3.05, 3.63) is 65.7 Å². The standard InChI is InChI=1S/C27H26F2N6O/c28-27(29)16-34(13-10-22(27)36)25-30-14-18(15-31-25)20-7-8-21-24(33-20)35-23(32-21)6-3-11-26(35)12-9-17-4-1-2-5-19(17)26/h1-2,4-5,7-8,14-15,22,36H,3,6,9-13,16H2. The second kappa shape index (κ2) is 7.77. The molecule has 4 aromatic rings. The lowest BCUT2D eigenvalue weighted by Gasteiger charge is -2.37. The van der Waals surface area contributed by atoms with E-state index in [2.05, 4.69) is 38.8 Å². The van der Waals surface area contributed by atoms with Crippen LogP contribution in [0.1, 0.15) is 42.6 Å². The predicted octanol–water partition coefficient (Wildman–Crippen LogP) is 4.12. The molecule has 1 spiro atoms. The number of aryl methyl sites for hydroxylation is 2. The predicted molar refractivity (Wildman–Crippen MR) is 131 cm³/mol. The van der Waals surface area contributed by atoms with Crippen LogP contribution >= 0.6 is 0 Å². The first-order valence-electron chi connectivity index (χ1n) is 12.6. The first-order chi connectivity index (χ1) is 17.4. The number of halogens is 2. The third-order valence-corrected chi connectivity index (χ3v) is 8.10. The first kappa shape index (κ1) is 21.8. The smallest absolute Gasteiger partial charge is 0.290 e. The summed E-state index contributed by atoms with van der Waals surface area (Å²) in [5, 5.41) is 9.55. The van der Waals surface area contributed by atoms with Crippen LogP contribution in [-0.4, -0.2) is 54.7 Å². The van der Waals surface area contributed by atoms with E-state index in [1.807, 2.05) is 12.1 Å². The topological polar surface area (TPSA) is 80.0 Å². The number of rotatable bonds is 2. The molecule has 0 radical (unpaired) electrons. The van der Waals surface area contributed by atoms with E-state index in [-0.39, 0.29) is 24.5 Å². The number of alkyl halides is 2. The molecule has 9 heteroatoms. The fourth-order valence-electron chi connectivity index (χ4n) is 6.31. The molecule has 3 aromatic heterocycles. The number of imidazole rings is 1. The lowest BCUT2D eigenvalue weighted by atomic mass is 9.83. The summed E-state index contributed by atoms with van der Waals surface area (Å²) in [4.78, 5) is 20.1.